The fourth-order valence-corrected chi connectivity index (χ4v) is 0.839. The SMILES string of the molecule is CNCC=Cc1ccc(=O)[nH]c1. The van der Waals surface area contributed by atoms with Gasteiger partial charge >= 0.3 is 0 Å². The van der Waals surface area contributed by atoms with Gasteiger partial charge in [0.25, 0.3) is 0 Å². The van der Waals surface area contributed by atoms with Gasteiger partial charge in [0.2, 0.25) is 5.56 Å². The molecule has 0 amide bonds. The summed E-state index contributed by atoms with van der Waals surface area (Å²) in [7, 11) is 1.89. The van der Waals surface area contributed by atoms with Crippen LogP contribution in [0.3, 0.4) is 0 Å². The fraction of sp³-hybridized carbons (Fsp3) is 0.222. The van der Waals surface area contributed by atoms with Crippen LogP contribution < -0.4 is 10.9 Å². The highest BCUT2D eigenvalue weighted by Crippen LogP contribution is 1.95. The van der Waals surface area contributed by atoms with E-state index in [1.165, 1.54) is 6.07 Å². The van der Waals surface area contributed by atoms with Crippen molar-refractivity contribution in [2.75, 3.05) is 13.6 Å². The second-order valence-electron chi connectivity index (χ2n) is 2.45. The van der Waals surface area contributed by atoms with Crippen LogP contribution in [-0.4, -0.2) is 18.6 Å². The summed E-state index contributed by atoms with van der Waals surface area (Å²) in [5.74, 6) is 0. The Kier molecular flexibility index (Phi) is 3.29. The van der Waals surface area contributed by atoms with Crippen molar-refractivity contribution in [1.29, 1.82) is 0 Å². The van der Waals surface area contributed by atoms with Crippen LogP contribution in [-0.2, 0) is 0 Å². The Labute approximate surface area is 71.1 Å². The van der Waals surface area contributed by atoms with E-state index in [2.05, 4.69) is 10.3 Å². The minimum absolute atomic E-state index is 0.0687. The molecule has 1 aromatic heterocycles. The number of likely N-dealkylation sites (N-methyl/N-ethyl adjacent to an activating group) is 1. The number of rotatable bonds is 3. The van der Waals surface area contributed by atoms with Gasteiger partial charge in [-0.3, -0.25) is 4.79 Å². The molecule has 64 valence electrons. The van der Waals surface area contributed by atoms with Crippen molar-refractivity contribution in [3.8, 4) is 0 Å². The molecule has 12 heavy (non-hydrogen) atoms. The third-order valence-electron chi connectivity index (χ3n) is 1.44. The minimum atomic E-state index is -0.0687. The first kappa shape index (κ1) is 8.74. The summed E-state index contributed by atoms with van der Waals surface area (Å²) in [5.41, 5.74) is 0.936. The van der Waals surface area contributed by atoms with E-state index in [0.717, 1.165) is 12.1 Å². The lowest BCUT2D eigenvalue weighted by Gasteiger charge is -1.91. The molecular weight excluding hydrogens is 152 g/mol. The van der Waals surface area contributed by atoms with Gasteiger partial charge in [0.05, 0.1) is 0 Å². The highest BCUT2D eigenvalue weighted by atomic mass is 16.1. The van der Waals surface area contributed by atoms with Crippen molar-refractivity contribution in [2.24, 2.45) is 0 Å². The van der Waals surface area contributed by atoms with Gasteiger partial charge in [-0.25, -0.2) is 0 Å². The Bertz CT molecular complexity index is 294. The van der Waals surface area contributed by atoms with Gasteiger partial charge in [0, 0.05) is 18.8 Å². The number of aromatic nitrogens is 1. The fourth-order valence-electron chi connectivity index (χ4n) is 0.839. The predicted molar refractivity (Wildman–Crippen MR) is 50.0 cm³/mol. The first-order valence-corrected chi connectivity index (χ1v) is 3.83. The van der Waals surface area contributed by atoms with E-state index in [0.29, 0.717) is 0 Å². The molecule has 3 nitrogen and oxygen atoms in total. The number of pyridine rings is 1. The molecule has 0 spiro atoms. The average Bonchev–Trinajstić information content (AvgIpc) is 2.09. The average molecular weight is 164 g/mol. The summed E-state index contributed by atoms with van der Waals surface area (Å²) < 4.78 is 0. The van der Waals surface area contributed by atoms with Crippen molar-refractivity contribution < 1.29 is 0 Å². The third-order valence-corrected chi connectivity index (χ3v) is 1.44. The van der Waals surface area contributed by atoms with Crippen molar-refractivity contribution in [3.63, 3.8) is 0 Å². The van der Waals surface area contributed by atoms with Crippen molar-refractivity contribution in [3.05, 3.63) is 40.3 Å². The van der Waals surface area contributed by atoms with E-state index < -0.39 is 0 Å². The Morgan fingerprint density at radius 1 is 1.58 bits per heavy atom. The van der Waals surface area contributed by atoms with Crippen LogP contribution in [0, 0.1) is 0 Å². The molecule has 0 saturated carbocycles. The lowest BCUT2D eigenvalue weighted by atomic mass is 10.2. The van der Waals surface area contributed by atoms with Gasteiger partial charge in [-0.1, -0.05) is 12.2 Å². The van der Waals surface area contributed by atoms with Crippen LogP contribution in [0.1, 0.15) is 5.56 Å². The predicted octanol–water partition coefficient (Wildman–Crippen LogP) is 0.607. The molecule has 1 rings (SSSR count). The Hall–Kier alpha value is -1.35. The summed E-state index contributed by atoms with van der Waals surface area (Å²) in [4.78, 5) is 13.3. The number of nitrogens with one attached hydrogen (secondary N) is 2. The lowest BCUT2D eigenvalue weighted by Crippen LogP contribution is -2.04. The molecule has 3 heteroatoms. The van der Waals surface area contributed by atoms with Crippen LogP contribution in [0.2, 0.25) is 0 Å². The number of H-pyrrole nitrogens is 1. The van der Waals surface area contributed by atoms with Crippen LogP contribution in [0.15, 0.2) is 29.2 Å². The zero-order chi connectivity index (χ0) is 8.81. The van der Waals surface area contributed by atoms with Gasteiger partial charge < -0.3 is 10.3 Å². The van der Waals surface area contributed by atoms with Crippen LogP contribution in [0.4, 0.5) is 0 Å². The van der Waals surface area contributed by atoms with Gasteiger partial charge in [0.15, 0.2) is 0 Å². The van der Waals surface area contributed by atoms with Crippen LogP contribution in [0.5, 0.6) is 0 Å². The molecular formula is C9H12N2O. The van der Waals surface area contributed by atoms with E-state index in [-0.39, 0.29) is 5.56 Å². The molecule has 0 unspecified atom stereocenters. The molecule has 0 aliphatic carbocycles. The molecule has 1 heterocycles. The van der Waals surface area contributed by atoms with E-state index in [1.807, 2.05) is 19.2 Å². The van der Waals surface area contributed by atoms with Crippen molar-refractivity contribution in [2.45, 2.75) is 0 Å². The molecule has 0 saturated heterocycles. The second-order valence-corrected chi connectivity index (χ2v) is 2.45. The van der Waals surface area contributed by atoms with E-state index in [9.17, 15) is 4.79 Å². The first-order valence-electron chi connectivity index (χ1n) is 3.83. The Balaban J connectivity index is 2.64. The molecule has 0 radical (unpaired) electrons. The zero-order valence-corrected chi connectivity index (χ0v) is 7.00. The monoisotopic (exact) mass is 164 g/mol. The van der Waals surface area contributed by atoms with Gasteiger partial charge in [0.1, 0.15) is 0 Å². The summed E-state index contributed by atoms with van der Waals surface area (Å²) in [6.07, 6.45) is 5.63. The first-order chi connectivity index (χ1) is 5.83. The third kappa shape index (κ3) is 2.72. The molecule has 1 aromatic rings. The molecule has 0 atom stereocenters. The largest absolute Gasteiger partial charge is 0.329 e. The quantitative estimate of drug-likeness (QED) is 0.687. The van der Waals surface area contributed by atoms with Gasteiger partial charge in [-0.15, -0.1) is 0 Å². The zero-order valence-electron chi connectivity index (χ0n) is 7.00. The van der Waals surface area contributed by atoms with Gasteiger partial charge in [-0.2, -0.15) is 0 Å². The van der Waals surface area contributed by atoms with Crippen LogP contribution in [0.25, 0.3) is 6.08 Å². The van der Waals surface area contributed by atoms with E-state index in [1.54, 1.807) is 12.3 Å². The van der Waals surface area contributed by atoms with Gasteiger partial charge in [-0.05, 0) is 18.7 Å². The topological polar surface area (TPSA) is 44.9 Å². The maximum atomic E-state index is 10.7. The standard InChI is InChI=1S/C9H12N2O/c1-10-6-2-3-8-4-5-9(12)11-7-8/h2-5,7,10H,6H2,1H3,(H,11,12). The molecule has 0 aliphatic rings. The minimum Gasteiger partial charge on any atom is -0.329 e. The maximum absolute atomic E-state index is 10.7. The number of hydrogen-bond donors (Lipinski definition) is 2. The number of hydrogen-bond acceptors (Lipinski definition) is 2. The second kappa shape index (κ2) is 4.51. The Morgan fingerprint density at radius 3 is 3.00 bits per heavy atom. The summed E-state index contributed by atoms with van der Waals surface area (Å²) in [6.45, 7) is 0.832. The van der Waals surface area contributed by atoms with Crippen molar-refractivity contribution >= 4 is 6.08 Å². The summed E-state index contributed by atoms with van der Waals surface area (Å²) in [5, 5.41) is 2.99. The van der Waals surface area contributed by atoms with Crippen LogP contribution >= 0.6 is 0 Å². The van der Waals surface area contributed by atoms with E-state index >= 15 is 0 Å². The highest BCUT2D eigenvalue weighted by molar-refractivity contribution is 5.47. The normalized spacial score (nSPS) is 10.8. The maximum Gasteiger partial charge on any atom is 0.247 e. The van der Waals surface area contributed by atoms with E-state index in [4.69, 9.17) is 0 Å². The summed E-state index contributed by atoms with van der Waals surface area (Å²) >= 11 is 0. The smallest absolute Gasteiger partial charge is 0.247 e. The molecule has 2 N–H and O–H groups in total. The highest BCUT2D eigenvalue weighted by Gasteiger charge is 1.84. The summed E-state index contributed by atoms with van der Waals surface area (Å²) in [6, 6.07) is 3.30. The molecule has 0 aliphatic heterocycles. The number of aromatic amines is 1. The van der Waals surface area contributed by atoms with Crippen molar-refractivity contribution in [1.82, 2.24) is 10.3 Å². The molecule has 0 aromatic carbocycles. The molecule has 0 bridgehead atoms. The Morgan fingerprint density at radius 2 is 2.42 bits per heavy atom. The lowest BCUT2D eigenvalue weighted by molar-refractivity contribution is 0.922. The molecule has 0 fully saturated rings.